The first-order valence-electron chi connectivity index (χ1n) is 5.41. The van der Waals surface area contributed by atoms with Crippen molar-refractivity contribution in [2.45, 2.75) is 13.8 Å². The number of hydrogen-bond acceptors (Lipinski definition) is 4. The monoisotopic (exact) mass is 247 g/mol. The minimum absolute atomic E-state index is 0.613. The van der Waals surface area contributed by atoms with E-state index in [9.17, 15) is 4.79 Å². The van der Waals surface area contributed by atoms with Gasteiger partial charge in [0, 0.05) is 0 Å². The molecule has 2 aromatic rings. The number of rotatable bonds is 4. The van der Waals surface area contributed by atoms with Crippen molar-refractivity contribution in [2.75, 3.05) is 6.61 Å². The fraction of sp³-hybridized carbons (Fsp3) is 0.231. The fourth-order valence-electron chi connectivity index (χ4n) is 1.56. The topological polar surface area (TPSA) is 39.2 Å². The number of carbonyl (C=O) groups excluding carboxylic acids is 1. The summed E-state index contributed by atoms with van der Waals surface area (Å²) in [6, 6.07) is 7.73. The molecule has 88 valence electrons. The van der Waals surface area contributed by atoms with E-state index < -0.39 is 0 Å². The molecule has 3 nitrogen and oxygen atoms in total. The van der Waals surface area contributed by atoms with Gasteiger partial charge in [0.25, 0.3) is 0 Å². The lowest BCUT2D eigenvalue weighted by molar-refractivity contribution is 0.112. The first-order valence-corrected chi connectivity index (χ1v) is 6.22. The Labute approximate surface area is 104 Å². The standard InChI is InChI=1S/C13H13NO2S/c1-3-16-11-7-5-4-6-10(11)13-14-9(2)12(8-15)17-13/h4-8H,3H2,1-2H3. The molecule has 0 amide bonds. The van der Waals surface area contributed by atoms with E-state index >= 15 is 0 Å². The molecule has 0 aliphatic rings. The van der Waals surface area contributed by atoms with Crippen LogP contribution in [0.15, 0.2) is 24.3 Å². The largest absolute Gasteiger partial charge is 0.493 e. The smallest absolute Gasteiger partial charge is 0.161 e. The van der Waals surface area contributed by atoms with E-state index in [4.69, 9.17) is 4.74 Å². The van der Waals surface area contributed by atoms with Crippen LogP contribution < -0.4 is 4.74 Å². The number of aryl methyl sites for hydroxylation is 1. The maximum Gasteiger partial charge on any atom is 0.161 e. The Morgan fingerprint density at radius 2 is 2.18 bits per heavy atom. The summed E-state index contributed by atoms with van der Waals surface area (Å²) >= 11 is 1.39. The molecular formula is C13H13NO2S. The Balaban J connectivity index is 2.48. The van der Waals surface area contributed by atoms with Crippen molar-refractivity contribution in [3.05, 3.63) is 34.8 Å². The lowest BCUT2D eigenvalue weighted by Crippen LogP contribution is -1.93. The summed E-state index contributed by atoms with van der Waals surface area (Å²) in [5, 5.41) is 0.827. The zero-order valence-electron chi connectivity index (χ0n) is 9.77. The van der Waals surface area contributed by atoms with Gasteiger partial charge < -0.3 is 4.74 Å². The second-order valence-corrected chi connectivity index (χ2v) is 4.55. The van der Waals surface area contributed by atoms with Crippen molar-refractivity contribution in [2.24, 2.45) is 0 Å². The van der Waals surface area contributed by atoms with Crippen molar-refractivity contribution < 1.29 is 9.53 Å². The van der Waals surface area contributed by atoms with Gasteiger partial charge in [-0.1, -0.05) is 12.1 Å². The molecule has 0 fully saturated rings. The molecule has 0 unspecified atom stereocenters. The minimum atomic E-state index is 0.613. The predicted molar refractivity (Wildman–Crippen MR) is 68.8 cm³/mol. The summed E-state index contributed by atoms with van der Waals surface area (Å²) < 4.78 is 5.55. The predicted octanol–water partition coefficient (Wildman–Crippen LogP) is 3.33. The molecule has 1 heterocycles. The average Bonchev–Trinajstić information content (AvgIpc) is 2.71. The van der Waals surface area contributed by atoms with Crippen molar-refractivity contribution in [3.8, 4) is 16.3 Å². The highest BCUT2D eigenvalue weighted by atomic mass is 32.1. The van der Waals surface area contributed by atoms with Crippen LogP contribution in [0.2, 0.25) is 0 Å². The van der Waals surface area contributed by atoms with Gasteiger partial charge in [-0.15, -0.1) is 11.3 Å². The number of nitrogens with zero attached hydrogens (tertiary/aromatic N) is 1. The Bertz CT molecular complexity index is 534. The molecule has 2 rings (SSSR count). The second kappa shape index (κ2) is 5.10. The highest BCUT2D eigenvalue weighted by molar-refractivity contribution is 7.16. The summed E-state index contributed by atoms with van der Waals surface area (Å²) in [6.07, 6.45) is 0.847. The summed E-state index contributed by atoms with van der Waals surface area (Å²) in [6.45, 7) is 4.40. The molecule has 0 saturated carbocycles. The number of carbonyl (C=O) groups is 1. The molecule has 0 radical (unpaired) electrons. The number of ether oxygens (including phenoxy) is 1. The summed E-state index contributed by atoms with van der Waals surface area (Å²) in [5.41, 5.74) is 1.71. The molecule has 0 saturated heterocycles. The Morgan fingerprint density at radius 1 is 1.41 bits per heavy atom. The molecule has 0 aliphatic heterocycles. The first-order chi connectivity index (χ1) is 8.26. The van der Waals surface area contributed by atoms with E-state index in [2.05, 4.69) is 4.98 Å². The molecule has 4 heteroatoms. The molecule has 0 N–H and O–H groups in total. The van der Waals surface area contributed by atoms with Gasteiger partial charge in [-0.05, 0) is 26.0 Å². The van der Waals surface area contributed by atoms with Crippen LogP contribution in [0.3, 0.4) is 0 Å². The van der Waals surface area contributed by atoms with Gasteiger partial charge in [-0.2, -0.15) is 0 Å². The number of aldehydes is 1. The quantitative estimate of drug-likeness (QED) is 0.778. The average molecular weight is 247 g/mol. The van der Waals surface area contributed by atoms with E-state index in [1.807, 2.05) is 38.1 Å². The number of thiazole rings is 1. The van der Waals surface area contributed by atoms with E-state index in [0.717, 1.165) is 28.3 Å². The molecule has 0 bridgehead atoms. The van der Waals surface area contributed by atoms with E-state index in [0.29, 0.717) is 11.5 Å². The van der Waals surface area contributed by atoms with Crippen LogP contribution in [-0.4, -0.2) is 17.9 Å². The van der Waals surface area contributed by atoms with Crippen LogP contribution in [0.1, 0.15) is 22.3 Å². The van der Waals surface area contributed by atoms with Crippen molar-refractivity contribution in [1.82, 2.24) is 4.98 Å². The molecule has 1 aromatic heterocycles. The third-order valence-electron chi connectivity index (χ3n) is 2.36. The molecule has 0 spiro atoms. The van der Waals surface area contributed by atoms with Gasteiger partial charge in [0.05, 0.1) is 22.7 Å². The van der Waals surface area contributed by atoms with E-state index in [-0.39, 0.29) is 0 Å². The van der Waals surface area contributed by atoms with Gasteiger partial charge in [0.1, 0.15) is 10.8 Å². The van der Waals surface area contributed by atoms with Gasteiger partial charge in [-0.3, -0.25) is 4.79 Å². The van der Waals surface area contributed by atoms with Crippen LogP contribution in [0.4, 0.5) is 0 Å². The van der Waals surface area contributed by atoms with Gasteiger partial charge in [-0.25, -0.2) is 4.98 Å². The molecule has 0 aliphatic carbocycles. The van der Waals surface area contributed by atoms with Gasteiger partial charge in [0.2, 0.25) is 0 Å². The zero-order valence-corrected chi connectivity index (χ0v) is 10.6. The van der Waals surface area contributed by atoms with Crippen molar-refractivity contribution in [3.63, 3.8) is 0 Å². The minimum Gasteiger partial charge on any atom is -0.493 e. The Kier molecular flexibility index (Phi) is 3.54. The van der Waals surface area contributed by atoms with Crippen LogP contribution in [0.25, 0.3) is 10.6 Å². The van der Waals surface area contributed by atoms with E-state index in [1.165, 1.54) is 11.3 Å². The van der Waals surface area contributed by atoms with Crippen molar-refractivity contribution >= 4 is 17.6 Å². The normalized spacial score (nSPS) is 10.2. The van der Waals surface area contributed by atoms with Gasteiger partial charge in [0.15, 0.2) is 6.29 Å². The summed E-state index contributed by atoms with van der Waals surface area (Å²) in [5.74, 6) is 0.807. The van der Waals surface area contributed by atoms with Crippen molar-refractivity contribution in [1.29, 1.82) is 0 Å². The number of benzene rings is 1. The molecule has 1 aromatic carbocycles. The van der Waals surface area contributed by atoms with Gasteiger partial charge >= 0.3 is 0 Å². The molecular weight excluding hydrogens is 234 g/mol. The molecule has 17 heavy (non-hydrogen) atoms. The summed E-state index contributed by atoms with van der Waals surface area (Å²) in [4.78, 5) is 15.9. The van der Waals surface area contributed by atoms with Crippen LogP contribution in [0, 0.1) is 6.92 Å². The SMILES string of the molecule is CCOc1ccccc1-c1nc(C)c(C=O)s1. The number of aromatic nitrogens is 1. The lowest BCUT2D eigenvalue weighted by Gasteiger charge is -2.06. The summed E-state index contributed by atoms with van der Waals surface area (Å²) in [7, 11) is 0. The van der Waals surface area contributed by atoms with Crippen LogP contribution in [-0.2, 0) is 0 Å². The number of para-hydroxylation sites is 1. The third kappa shape index (κ3) is 2.36. The fourth-order valence-corrected chi connectivity index (χ4v) is 2.47. The van der Waals surface area contributed by atoms with E-state index in [1.54, 1.807) is 0 Å². The maximum absolute atomic E-state index is 10.8. The maximum atomic E-state index is 10.8. The van der Waals surface area contributed by atoms with Crippen LogP contribution >= 0.6 is 11.3 Å². The zero-order chi connectivity index (χ0) is 12.3. The third-order valence-corrected chi connectivity index (χ3v) is 3.47. The Morgan fingerprint density at radius 3 is 2.82 bits per heavy atom. The second-order valence-electron chi connectivity index (χ2n) is 3.52. The lowest BCUT2D eigenvalue weighted by atomic mass is 10.2. The first kappa shape index (κ1) is 11.8. The highest BCUT2D eigenvalue weighted by Crippen LogP contribution is 2.33. The number of hydrogen-bond donors (Lipinski definition) is 0. The van der Waals surface area contributed by atoms with Crippen LogP contribution in [0.5, 0.6) is 5.75 Å². The molecule has 0 atom stereocenters. The highest BCUT2D eigenvalue weighted by Gasteiger charge is 2.12. The Hall–Kier alpha value is -1.68.